The number of methoxy groups -OCH3 is 1. The molecular formula is C14H20N2O2. The van der Waals surface area contributed by atoms with E-state index >= 15 is 0 Å². The first kappa shape index (κ1) is 12.7. The number of fused-ring (bicyclic) bond motifs is 1. The zero-order valence-electron chi connectivity index (χ0n) is 11.4. The lowest BCUT2D eigenvalue weighted by atomic mass is 9.97. The van der Waals surface area contributed by atoms with E-state index in [2.05, 4.69) is 31.0 Å². The van der Waals surface area contributed by atoms with Crippen molar-refractivity contribution in [1.29, 1.82) is 0 Å². The third kappa shape index (κ3) is 2.03. The van der Waals surface area contributed by atoms with Crippen LogP contribution >= 0.6 is 0 Å². The fourth-order valence-corrected chi connectivity index (χ4v) is 2.48. The van der Waals surface area contributed by atoms with Crippen LogP contribution in [0.3, 0.4) is 0 Å². The Morgan fingerprint density at radius 3 is 2.83 bits per heavy atom. The predicted octanol–water partition coefficient (Wildman–Crippen LogP) is 2.50. The Labute approximate surface area is 108 Å². The Hall–Kier alpha value is -1.71. The molecule has 0 radical (unpaired) electrons. The van der Waals surface area contributed by atoms with Crippen molar-refractivity contribution in [1.82, 2.24) is 0 Å². The molecule has 0 amide bonds. The van der Waals surface area contributed by atoms with Crippen molar-refractivity contribution in [2.75, 3.05) is 30.4 Å². The van der Waals surface area contributed by atoms with E-state index in [1.165, 1.54) is 7.11 Å². The summed E-state index contributed by atoms with van der Waals surface area (Å²) in [5.74, 6) is -0.294. The van der Waals surface area contributed by atoms with Gasteiger partial charge in [-0.15, -0.1) is 0 Å². The van der Waals surface area contributed by atoms with Gasteiger partial charge in [-0.25, -0.2) is 4.79 Å². The van der Waals surface area contributed by atoms with Gasteiger partial charge in [-0.2, -0.15) is 0 Å². The third-order valence-corrected chi connectivity index (χ3v) is 3.47. The van der Waals surface area contributed by atoms with Crippen LogP contribution in [-0.2, 0) is 4.74 Å². The Balaban J connectivity index is 2.46. The van der Waals surface area contributed by atoms with E-state index in [1.807, 2.05) is 12.1 Å². The van der Waals surface area contributed by atoms with E-state index in [4.69, 9.17) is 4.74 Å². The Bertz CT molecular complexity index is 469. The summed E-state index contributed by atoms with van der Waals surface area (Å²) >= 11 is 0. The maximum absolute atomic E-state index is 11.6. The number of hydrogen-bond acceptors (Lipinski definition) is 4. The largest absolute Gasteiger partial charge is 0.465 e. The molecule has 4 nitrogen and oxygen atoms in total. The minimum Gasteiger partial charge on any atom is -0.465 e. The van der Waals surface area contributed by atoms with Crippen LogP contribution in [0.4, 0.5) is 11.4 Å². The van der Waals surface area contributed by atoms with Crippen LogP contribution in [0, 0.1) is 0 Å². The van der Waals surface area contributed by atoms with E-state index in [1.54, 1.807) is 6.07 Å². The van der Waals surface area contributed by atoms with Crippen LogP contribution in [0.2, 0.25) is 0 Å². The standard InChI is InChI=1S/C14H20N2O2/c1-5-16-12-8-10(13(17)18-4)6-7-11(12)15-9-14(16,2)3/h6-8,15H,5,9H2,1-4H3. The summed E-state index contributed by atoms with van der Waals surface area (Å²) in [5, 5.41) is 3.41. The fraction of sp³-hybridized carbons (Fsp3) is 0.500. The molecule has 0 unspecified atom stereocenters. The van der Waals surface area contributed by atoms with Crippen LogP contribution in [0.15, 0.2) is 18.2 Å². The molecular weight excluding hydrogens is 228 g/mol. The number of rotatable bonds is 2. The number of benzene rings is 1. The van der Waals surface area contributed by atoms with Gasteiger partial charge < -0.3 is 15.0 Å². The van der Waals surface area contributed by atoms with Crippen molar-refractivity contribution in [3.8, 4) is 0 Å². The van der Waals surface area contributed by atoms with Crippen LogP contribution < -0.4 is 10.2 Å². The molecule has 1 N–H and O–H groups in total. The molecule has 1 aliphatic heterocycles. The van der Waals surface area contributed by atoms with Crippen molar-refractivity contribution < 1.29 is 9.53 Å². The zero-order valence-corrected chi connectivity index (χ0v) is 11.4. The molecule has 18 heavy (non-hydrogen) atoms. The van der Waals surface area contributed by atoms with Crippen LogP contribution in [0.25, 0.3) is 0 Å². The van der Waals surface area contributed by atoms with Gasteiger partial charge in [0, 0.05) is 13.1 Å². The number of nitrogens with one attached hydrogen (secondary N) is 1. The molecule has 0 aromatic heterocycles. The topological polar surface area (TPSA) is 41.6 Å². The summed E-state index contributed by atoms with van der Waals surface area (Å²) in [6.07, 6.45) is 0. The van der Waals surface area contributed by atoms with E-state index in [0.717, 1.165) is 24.5 Å². The summed E-state index contributed by atoms with van der Waals surface area (Å²) in [7, 11) is 1.40. The maximum Gasteiger partial charge on any atom is 0.337 e. The molecule has 4 heteroatoms. The number of anilines is 2. The molecule has 0 fully saturated rings. The molecule has 0 spiro atoms. The van der Waals surface area contributed by atoms with Crippen molar-refractivity contribution in [2.45, 2.75) is 26.3 Å². The van der Waals surface area contributed by atoms with E-state index in [9.17, 15) is 4.79 Å². The van der Waals surface area contributed by atoms with Gasteiger partial charge in [-0.05, 0) is 39.0 Å². The Morgan fingerprint density at radius 1 is 1.50 bits per heavy atom. The first-order chi connectivity index (χ1) is 8.49. The number of esters is 1. The average Bonchev–Trinajstić information content (AvgIpc) is 2.36. The van der Waals surface area contributed by atoms with Gasteiger partial charge in [0.1, 0.15) is 0 Å². The summed E-state index contributed by atoms with van der Waals surface area (Å²) in [6.45, 7) is 8.31. The van der Waals surface area contributed by atoms with Crippen LogP contribution in [0.1, 0.15) is 31.1 Å². The molecule has 0 atom stereocenters. The summed E-state index contributed by atoms with van der Waals surface area (Å²) in [6, 6.07) is 5.64. The molecule has 0 saturated heterocycles. The number of likely N-dealkylation sites (N-methyl/N-ethyl adjacent to an activating group) is 1. The number of hydrogen-bond donors (Lipinski definition) is 1. The lowest BCUT2D eigenvalue weighted by molar-refractivity contribution is 0.0600. The molecule has 1 aliphatic rings. The minimum absolute atomic E-state index is 0.0382. The maximum atomic E-state index is 11.6. The minimum atomic E-state index is -0.294. The van der Waals surface area contributed by atoms with E-state index in [0.29, 0.717) is 5.56 Å². The van der Waals surface area contributed by atoms with Gasteiger partial charge in [0.25, 0.3) is 0 Å². The van der Waals surface area contributed by atoms with Crippen molar-refractivity contribution >= 4 is 17.3 Å². The van der Waals surface area contributed by atoms with Crippen molar-refractivity contribution in [3.63, 3.8) is 0 Å². The Morgan fingerprint density at radius 2 is 2.22 bits per heavy atom. The molecule has 0 saturated carbocycles. The highest BCUT2D eigenvalue weighted by Gasteiger charge is 2.31. The second kappa shape index (κ2) is 4.52. The van der Waals surface area contributed by atoms with Crippen molar-refractivity contribution in [2.24, 2.45) is 0 Å². The molecule has 2 rings (SSSR count). The highest BCUT2D eigenvalue weighted by atomic mass is 16.5. The van der Waals surface area contributed by atoms with Crippen molar-refractivity contribution in [3.05, 3.63) is 23.8 Å². The highest BCUT2D eigenvalue weighted by Crippen LogP contribution is 2.36. The van der Waals surface area contributed by atoms with Gasteiger partial charge in [-0.1, -0.05) is 0 Å². The lowest BCUT2D eigenvalue weighted by Crippen LogP contribution is -2.52. The van der Waals surface area contributed by atoms with Gasteiger partial charge >= 0.3 is 5.97 Å². The number of nitrogens with zero attached hydrogens (tertiary/aromatic N) is 1. The zero-order chi connectivity index (χ0) is 13.3. The lowest BCUT2D eigenvalue weighted by Gasteiger charge is -2.45. The predicted molar refractivity (Wildman–Crippen MR) is 73.4 cm³/mol. The normalized spacial score (nSPS) is 16.8. The molecule has 98 valence electrons. The molecule has 1 aromatic carbocycles. The molecule has 0 aliphatic carbocycles. The van der Waals surface area contributed by atoms with Gasteiger partial charge in [0.15, 0.2) is 0 Å². The summed E-state index contributed by atoms with van der Waals surface area (Å²) in [5.41, 5.74) is 2.77. The number of carbonyl (C=O) groups is 1. The molecule has 1 heterocycles. The monoisotopic (exact) mass is 248 g/mol. The summed E-state index contributed by atoms with van der Waals surface area (Å²) in [4.78, 5) is 13.9. The van der Waals surface area contributed by atoms with Gasteiger partial charge in [0.2, 0.25) is 0 Å². The van der Waals surface area contributed by atoms with Gasteiger partial charge in [0.05, 0.1) is 29.6 Å². The first-order valence-corrected chi connectivity index (χ1v) is 6.23. The SMILES string of the molecule is CCN1c2cc(C(=O)OC)ccc2NCC1(C)C. The second-order valence-corrected chi connectivity index (χ2v) is 5.13. The van der Waals surface area contributed by atoms with Crippen LogP contribution in [0.5, 0.6) is 0 Å². The summed E-state index contributed by atoms with van der Waals surface area (Å²) < 4.78 is 4.77. The van der Waals surface area contributed by atoms with Crippen LogP contribution in [-0.4, -0.2) is 31.7 Å². The first-order valence-electron chi connectivity index (χ1n) is 6.23. The average molecular weight is 248 g/mol. The van der Waals surface area contributed by atoms with Gasteiger partial charge in [-0.3, -0.25) is 0 Å². The van der Waals surface area contributed by atoms with E-state index < -0.39 is 0 Å². The van der Waals surface area contributed by atoms with E-state index in [-0.39, 0.29) is 11.5 Å². The highest BCUT2D eigenvalue weighted by molar-refractivity contribution is 5.92. The fourth-order valence-electron chi connectivity index (χ4n) is 2.48. The number of carbonyl (C=O) groups excluding carboxylic acids is 1. The quantitative estimate of drug-likeness (QED) is 0.816. The Kier molecular flexibility index (Phi) is 3.20. The second-order valence-electron chi connectivity index (χ2n) is 5.13. The smallest absolute Gasteiger partial charge is 0.337 e. The molecule has 1 aromatic rings. The number of ether oxygens (including phenoxy) is 1. The third-order valence-electron chi connectivity index (χ3n) is 3.47. The molecule has 0 bridgehead atoms.